The number of carbonyl (C=O) groups is 3. The number of piperazine rings is 1. The number of carbonyl (C=O) groups excluding carboxylic acids is 1. The summed E-state index contributed by atoms with van der Waals surface area (Å²) in [6.45, 7) is 12.1. The first kappa shape index (κ1) is 26.6. The Hall–Kier alpha value is -2.69. The molecule has 3 aliphatic heterocycles. The second kappa shape index (κ2) is 14.5. The van der Waals surface area contributed by atoms with Gasteiger partial charge in [0.15, 0.2) is 0 Å². The summed E-state index contributed by atoms with van der Waals surface area (Å²) in [6.07, 6.45) is 0.685. The van der Waals surface area contributed by atoms with E-state index >= 15 is 0 Å². The Morgan fingerprint density at radius 1 is 1.03 bits per heavy atom. The van der Waals surface area contributed by atoms with E-state index in [4.69, 9.17) is 24.5 Å². The number of fused-ring (bicyclic) bond motifs is 1. The van der Waals surface area contributed by atoms with Crippen LogP contribution in [0.4, 0.5) is 0 Å². The van der Waals surface area contributed by atoms with Crippen LogP contribution in [0.15, 0.2) is 24.3 Å². The van der Waals surface area contributed by atoms with Gasteiger partial charge in [-0.25, -0.2) is 0 Å². The van der Waals surface area contributed by atoms with Crippen LogP contribution in [0.3, 0.4) is 0 Å². The van der Waals surface area contributed by atoms with Crippen LogP contribution >= 0.6 is 0 Å². The molecule has 184 valence electrons. The minimum absolute atomic E-state index is 0.216. The molecule has 1 aromatic rings. The highest BCUT2D eigenvalue weighted by Crippen LogP contribution is 2.28. The van der Waals surface area contributed by atoms with E-state index in [1.54, 1.807) is 0 Å². The molecule has 3 aliphatic rings. The van der Waals surface area contributed by atoms with Crippen LogP contribution in [-0.4, -0.2) is 109 Å². The predicted molar refractivity (Wildman–Crippen MR) is 123 cm³/mol. The fourth-order valence-corrected chi connectivity index (χ4v) is 4.59. The average molecular weight is 465 g/mol. The van der Waals surface area contributed by atoms with E-state index in [9.17, 15) is 4.79 Å². The fraction of sp³-hybridized carbons (Fsp3) is 0.609. The molecule has 1 amide bonds. The van der Waals surface area contributed by atoms with Gasteiger partial charge in [-0.15, -0.1) is 0 Å². The zero-order valence-electron chi connectivity index (χ0n) is 19.3. The van der Waals surface area contributed by atoms with Crippen molar-refractivity contribution in [1.29, 1.82) is 0 Å². The van der Waals surface area contributed by atoms with Crippen LogP contribution in [0.2, 0.25) is 0 Å². The second-order valence-electron chi connectivity index (χ2n) is 8.28. The zero-order chi connectivity index (χ0) is 24.1. The maximum atomic E-state index is 11.5. The van der Waals surface area contributed by atoms with Crippen molar-refractivity contribution in [2.75, 3.05) is 59.0 Å². The first-order valence-corrected chi connectivity index (χ1v) is 11.4. The minimum Gasteiger partial charge on any atom is -0.492 e. The summed E-state index contributed by atoms with van der Waals surface area (Å²) in [5.74, 6) is 1.70. The van der Waals surface area contributed by atoms with Crippen molar-refractivity contribution in [1.82, 2.24) is 20.0 Å². The SMILES string of the molecule is CCN1CCN(CCOc2ccccc2CN2C[C@@H]3CC(=O)N[C@@H]3C2)CC1.O=CO.O=CO. The number of ether oxygens (including phenoxy) is 1. The van der Waals surface area contributed by atoms with E-state index in [0.29, 0.717) is 18.4 Å². The molecule has 0 aromatic heterocycles. The molecule has 0 unspecified atom stereocenters. The Balaban J connectivity index is 0.000000582. The standard InChI is InChI=1S/C21H32N4O2.2CH2O2/c1-2-23-7-9-24(10-8-23)11-12-27-20-6-4-3-5-17(20)14-25-15-18-13-21(26)22-19(18)16-25;2*2-1-3/h3-6,18-19H,2,7-16H2,1H3,(H,22,26);2*1H,(H,2,3)/t18-,19+;;/m0../s1. The molecule has 0 radical (unpaired) electrons. The molecule has 0 aliphatic carbocycles. The highest BCUT2D eigenvalue weighted by Gasteiger charge is 2.39. The Morgan fingerprint density at radius 3 is 2.30 bits per heavy atom. The van der Waals surface area contributed by atoms with Crippen molar-refractivity contribution in [2.24, 2.45) is 5.92 Å². The normalized spacial score (nSPS) is 22.8. The van der Waals surface area contributed by atoms with Crippen LogP contribution in [0, 0.1) is 5.92 Å². The summed E-state index contributed by atoms with van der Waals surface area (Å²) < 4.78 is 6.16. The van der Waals surface area contributed by atoms with Gasteiger partial charge >= 0.3 is 0 Å². The number of nitrogens with one attached hydrogen (secondary N) is 1. The number of hydrogen-bond acceptors (Lipinski definition) is 7. The largest absolute Gasteiger partial charge is 0.492 e. The lowest BCUT2D eigenvalue weighted by Crippen LogP contribution is -2.47. The van der Waals surface area contributed by atoms with E-state index in [1.165, 1.54) is 18.7 Å². The van der Waals surface area contributed by atoms with E-state index in [0.717, 1.165) is 58.2 Å². The summed E-state index contributed by atoms with van der Waals surface area (Å²) >= 11 is 0. The number of para-hydroxylation sites is 1. The van der Waals surface area contributed by atoms with E-state index in [2.05, 4.69) is 51.2 Å². The number of benzene rings is 1. The highest BCUT2D eigenvalue weighted by atomic mass is 16.5. The fourth-order valence-electron chi connectivity index (χ4n) is 4.59. The highest BCUT2D eigenvalue weighted by molar-refractivity contribution is 5.79. The lowest BCUT2D eigenvalue weighted by atomic mass is 10.1. The molecule has 2 atom stereocenters. The smallest absolute Gasteiger partial charge is 0.290 e. The molecule has 0 bridgehead atoms. The van der Waals surface area contributed by atoms with E-state index < -0.39 is 0 Å². The van der Waals surface area contributed by atoms with Gasteiger partial charge in [0, 0.05) is 76.3 Å². The number of likely N-dealkylation sites (N-methyl/N-ethyl adjacent to an activating group) is 1. The van der Waals surface area contributed by atoms with Crippen LogP contribution in [0.25, 0.3) is 0 Å². The topological polar surface area (TPSA) is 123 Å². The van der Waals surface area contributed by atoms with Crippen molar-refractivity contribution in [3.8, 4) is 5.75 Å². The van der Waals surface area contributed by atoms with Gasteiger partial charge in [-0.1, -0.05) is 25.1 Å². The molecule has 1 aromatic carbocycles. The van der Waals surface area contributed by atoms with Crippen molar-refractivity contribution in [3.05, 3.63) is 29.8 Å². The number of carboxylic acid groups (broad SMARTS) is 2. The summed E-state index contributed by atoms with van der Waals surface area (Å²) in [5, 5.41) is 16.9. The van der Waals surface area contributed by atoms with Gasteiger partial charge in [0.1, 0.15) is 12.4 Å². The number of hydrogen-bond donors (Lipinski definition) is 3. The number of amides is 1. The molecule has 0 spiro atoms. The summed E-state index contributed by atoms with van der Waals surface area (Å²) in [4.78, 5) is 35.7. The van der Waals surface area contributed by atoms with Gasteiger partial charge in [-0.2, -0.15) is 0 Å². The first-order chi connectivity index (χ1) is 16.0. The monoisotopic (exact) mass is 464 g/mol. The summed E-state index contributed by atoms with van der Waals surface area (Å²) in [5.41, 5.74) is 1.25. The summed E-state index contributed by atoms with van der Waals surface area (Å²) in [7, 11) is 0. The van der Waals surface area contributed by atoms with E-state index in [-0.39, 0.29) is 18.9 Å². The van der Waals surface area contributed by atoms with Crippen LogP contribution in [0.5, 0.6) is 5.75 Å². The molecule has 3 saturated heterocycles. The Labute approximate surface area is 195 Å². The van der Waals surface area contributed by atoms with Crippen LogP contribution < -0.4 is 10.1 Å². The number of rotatable bonds is 7. The number of likely N-dealkylation sites (tertiary alicyclic amines) is 1. The first-order valence-electron chi connectivity index (χ1n) is 11.4. The molecular formula is C23H36N4O6. The maximum absolute atomic E-state index is 11.5. The third-order valence-corrected chi connectivity index (χ3v) is 6.25. The predicted octanol–water partition coefficient (Wildman–Crippen LogP) is 0.425. The molecule has 3 fully saturated rings. The van der Waals surface area contributed by atoms with Gasteiger partial charge in [0.05, 0.1) is 0 Å². The summed E-state index contributed by atoms with van der Waals surface area (Å²) in [6, 6.07) is 8.74. The molecule has 4 rings (SSSR count). The molecule has 3 heterocycles. The Bertz CT molecular complexity index is 719. The molecular weight excluding hydrogens is 428 g/mol. The third-order valence-electron chi connectivity index (χ3n) is 6.25. The minimum atomic E-state index is -0.250. The Morgan fingerprint density at radius 2 is 1.67 bits per heavy atom. The van der Waals surface area contributed by atoms with Gasteiger partial charge in [-0.05, 0) is 12.6 Å². The third kappa shape index (κ3) is 8.64. The quantitative estimate of drug-likeness (QED) is 0.493. The van der Waals surface area contributed by atoms with Crippen molar-refractivity contribution < 1.29 is 29.3 Å². The Kier molecular flexibility index (Phi) is 11.6. The molecule has 3 N–H and O–H groups in total. The lowest BCUT2D eigenvalue weighted by Gasteiger charge is -2.33. The average Bonchev–Trinajstić information content (AvgIpc) is 3.33. The second-order valence-corrected chi connectivity index (χ2v) is 8.28. The maximum Gasteiger partial charge on any atom is 0.290 e. The molecule has 33 heavy (non-hydrogen) atoms. The van der Waals surface area contributed by atoms with Crippen molar-refractivity contribution in [2.45, 2.75) is 25.9 Å². The van der Waals surface area contributed by atoms with Gasteiger partial charge in [0.25, 0.3) is 12.9 Å². The van der Waals surface area contributed by atoms with Crippen molar-refractivity contribution in [3.63, 3.8) is 0 Å². The van der Waals surface area contributed by atoms with Crippen LogP contribution in [-0.2, 0) is 20.9 Å². The zero-order valence-corrected chi connectivity index (χ0v) is 19.3. The van der Waals surface area contributed by atoms with Gasteiger partial charge < -0.3 is 25.2 Å². The lowest BCUT2D eigenvalue weighted by molar-refractivity contribution is -0.123. The number of nitrogens with zero attached hydrogens (tertiary/aromatic N) is 3. The molecule has 10 heteroatoms. The van der Waals surface area contributed by atoms with Crippen LogP contribution in [0.1, 0.15) is 18.9 Å². The molecule has 0 saturated carbocycles. The van der Waals surface area contributed by atoms with Gasteiger partial charge in [-0.3, -0.25) is 24.2 Å². The molecule has 10 nitrogen and oxygen atoms in total. The van der Waals surface area contributed by atoms with Gasteiger partial charge in [0.2, 0.25) is 5.91 Å². The van der Waals surface area contributed by atoms with Crippen molar-refractivity contribution >= 4 is 18.9 Å². The van der Waals surface area contributed by atoms with E-state index in [1.807, 2.05) is 0 Å².